The minimum Gasteiger partial charge on any atom is -0.506 e. The molecule has 2 heterocycles. The fourth-order valence-corrected chi connectivity index (χ4v) is 2.90. The number of carbonyl (C=O) groups excluding carboxylic acids is 1. The Bertz CT molecular complexity index is 758. The summed E-state index contributed by atoms with van der Waals surface area (Å²) in [6, 6.07) is 10.8. The number of benzene rings is 1. The van der Waals surface area contributed by atoms with Gasteiger partial charge in [0.15, 0.2) is 5.69 Å². The van der Waals surface area contributed by atoms with Gasteiger partial charge < -0.3 is 14.9 Å². The van der Waals surface area contributed by atoms with Gasteiger partial charge in [-0.25, -0.2) is 9.83 Å². The molecule has 1 fully saturated rings. The van der Waals surface area contributed by atoms with Crippen LogP contribution in [0.3, 0.4) is 0 Å². The number of amides is 1. The molecule has 1 N–H and O–H groups in total. The molecule has 1 aromatic carbocycles. The van der Waals surface area contributed by atoms with E-state index in [9.17, 15) is 9.90 Å². The molecule has 1 aromatic heterocycles. The minimum atomic E-state index is 0.155. The van der Waals surface area contributed by atoms with Crippen molar-refractivity contribution in [2.45, 2.75) is 12.8 Å². The SMILES string of the molecule is [C-]#[N+]c1ccc(CCC(=O)N2CCN(c3ccc(O)cn3)CC2)cc1. The summed E-state index contributed by atoms with van der Waals surface area (Å²) < 4.78 is 0. The normalized spacial score (nSPS) is 14.2. The van der Waals surface area contributed by atoms with Gasteiger partial charge in [0.2, 0.25) is 5.91 Å². The zero-order valence-corrected chi connectivity index (χ0v) is 13.9. The first-order valence-electron chi connectivity index (χ1n) is 8.30. The Morgan fingerprint density at radius 3 is 2.44 bits per heavy atom. The number of pyridine rings is 1. The molecule has 0 spiro atoms. The zero-order chi connectivity index (χ0) is 17.6. The number of anilines is 1. The van der Waals surface area contributed by atoms with Crippen LogP contribution in [0.2, 0.25) is 0 Å². The van der Waals surface area contributed by atoms with E-state index in [1.54, 1.807) is 24.3 Å². The molecule has 128 valence electrons. The van der Waals surface area contributed by atoms with Gasteiger partial charge >= 0.3 is 0 Å². The molecule has 3 rings (SSSR count). The standard InChI is InChI=1S/C19H20N4O2/c1-20-16-5-2-15(3-6-16)4-9-19(25)23-12-10-22(11-13-23)18-8-7-17(24)14-21-18/h2-3,5-8,14,24H,4,9-13H2. The van der Waals surface area contributed by atoms with E-state index in [0.717, 1.165) is 24.5 Å². The number of piperazine rings is 1. The predicted molar refractivity (Wildman–Crippen MR) is 95.7 cm³/mol. The van der Waals surface area contributed by atoms with E-state index in [2.05, 4.69) is 14.7 Å². The van der Waals surface area contributed by atoms with Gasteiger partial charge in [-0.15, -0.1) is 0 Å². The molecule has 2 aromatic rings. The van der Waals surface area contributed by atoms with Crippen LogP contribution >= 0.6 is 0 Å². The van der Waals surface area contributed by atoms with Crippen LogP contribution in [0.15, 0.2) is 42.6 Å². The van der Waals surface area contributed by atoms with Crippen LogP contribution in [0.5, 0.6) is 5.75 Å². The highest BCUT2D eigenvalue weighted by Gasteiger charge is 2.21. The summed E-state index contributed by atoms with van der Waals surface area (Å²) in [4.78, 5) is 24.0. The number of aryl methyl sites for hydroxylation is 1. The second-order valence-electron chi connectivity index (χ2n) is 6.02. The number of hydrogen-bond donors (Lipinski definition) is 1. The topological polar surface area (TPSA) is 61.0 Å². The Balaban J connectivity index is 1.48. The molecule has 1 aliphatic heterocycles. The number of carbonyl (C=O) groups is 1. The lowest BCUT2D eigenvalue weighted by Gasteiger charge is -2.35. The van der Waals surface area contributed by atoms with Crippen LogP contribution in [-0.4, -0.2) is 47.1 Å². The van der Waals surface area contributed by atoms with Gasteiger partial charge in [-0.1, -0.05) is 29.8 Å². The van der Waals surface area contributed by atoms with E-state index in [4.69, 9.17) is 6.57 Å². The van der Waals surface area contributed by atoms with E-state index < -0.39 is 0 Å². The Labute approximate surface area is 147 Å². The number of aromatic nitrogens is 1. The van der Waals surface area contributed by atoms with Gasteiger partial charge in [0.05, 0.1) is 12.8 Å². The fourth-order valence-electron chi connectivity index (χ4n) is 2.90. The molecule has 1 saturated heterocycles. The highest BCUT2D eigenvalue weighted by molar-refractivity contribution is 5.76. The van der Waals surface area contributed by atoms with E-state index in [0.29, 0.717) is 31.6 Å². The van der Waals surface area contributed by atoms with E-state index in [1.807, 2.05) is 17.0 Å². The molecular weight excluding hydrogens is 316 g/mol. The molecular formula is C19H20N4O2. The van der Waals surface area contributed by atoms with Crippen molar-refractivity contribution in [3.05, 3.63) is 59.6 Å². The van der Waals surface area contributed by atoms with Crippen LogP contribution in [0.25, 0.3) is 4.85 Å². The quantitative estimate of drug-likeness (QED) is 0.872. The highest BCUT2D eigenvalue weighted by atomic mass is 16.3. The van der Waals surface area contributed by atoms with Gasteiger partial charge in [0.1, 0.15) is 11.6 Å². The van der Waals surface area contributed by atoms with Crippen molar-refractivity contribution in [3.63, 3.8) is 0 Å². The van der Waals surface area contributed by atoms with Crippen molar-refractivity contribution in [1.29, 1.82) is 0 Å². The van der Waals surface area contributed by atoms with Crippen molar-refractivity contribution in [3.8, 4) is 5.75 Å². The summed E-state index contributed by atoms with van der Waals surface area (Å²) in [5.41, 5.74) is 1.70. The highest BCUT2D eigenvalue weighted by Crippen LogP contribution is 2.17. The number of aromatic hydroxyl groups is 1. The molecule has 0 atom stereocenters. The maximum Gasteiger partial charge on any atom is 0.223 e. The lowest BCUT2D eigenvalue weighted by atomic mass is 10.1. The summed E-state index contributed by atoms with van der Waals surface area (Å²) in [5, 5.41) is 9.30. The van der Waals surface area contributed by atoms with Gasteiger partial charge in [0.25, 0.3) is 0 Å². The lowest BCUT2D eigenvalue weighted by Crippen LogP contribution is -2.49. The molecule has 0 saturated carbocycles. The van der Waals surface area contributed by atoms with E-state index in [-0.39, 0.29) is 11.7 Å². The van der Waals surface area contributed by atoms with Gasteiger partial charge in [0, 0.05) is 32.6 Å². The Morgan fingerprint density at radius 2 is 1.84 bits per heavy atom. The fraction of sp³-hybridized carbons (Fsp3) is 0.316. The van der Waals surface area contributed by atoms with Crippen LogP contribution in [-0.2, 0) is 11.2 Å². The summed E-state index contributed by atoms with van der Waals surface area (Å²) in [6.45, 7) is 9.79. The lowest BCUT2D eigenvalue weighted by molar-refractivity contribution is -0.131. The summed E-state index contributed by atoms with van der Waals surface area (Å²) in [6.07, 6.45) is 2.61. The first-order chi connectivity index (χ1) is 12.2. The molecule has 0 aliphatic carbocycles. The summed E-state index contributed by atoms with van der Waals surface area (Å²) in [7, 11) is 0. The van der Waals surface area contributed by atoms with Crippen molar-refractivity contribution in [1.82, 2.24) is 9.88 Å². The van der Waals surface area contributed by atoms with Crippen LogP contribution in [0, 0.1) is 6.57 Å². The third-order valence-electron chi connectivity index (χ3n) is 4.38. The molecule has 0 bridgehead atoms. The summed E-state index contributed by atoms with van der Waals surface area (Å²) >= 11 is 0. The van der Waals surface area contributed by atoms with Crippen molar-refractivity contribution < 1.29 is 9.90 Å². The first-order valence-corrected chi connectivity index (χ1v) is 8.30. The minimum absolute atomic E-state index is 0.155. The second-order valence-corrected chi connectivity index (χ2v) is 6.02. The number of hydrogen-bond acceptors (Lipinski definition) is 4. The third kappa shape index (κ3) is 4.27. The Hall–Kier alpha value is -3.07. The first kappa shape index (κ1) is 16.8. The predicted octanol–water partition coefficient (Wildman–Crippen LogP) is 2.62. The van der Waals surface area contributed by atoms with Gasteiger partial charge in [-0.05, 0) is 18.6 Å². The summed E-state index contributed by atoms with van der Waals surface area (Å²) in [5.74, 6) is 1.14. The molecule has 6 heteroatoms. The van der Waals surface area contributed by atoms with E-state index in [1.165, 1.54) is 6.20 Å². The molecule has 25 heavy (non-hydrogen) atoms. The zero-order valence-electron chi connectivity index (χ0n) is 13.9. The maximum atomic E-state index is 12.4. The molecule has 1 amide bonds. The monoisotopic (exact) mass is 336 g/mol. The van der Waals surface area contributed by atoms with Crippen molar-refractivity contribution in [2.75, 3.05) is 31.1 Å². The van der Waals surface area contributed by atoms with Crippen LogP contribution in [0.4, 0.5) is 11.5 Å². The maximum absolute atomic E-state index is 12.4. The van der Waals surface area contributed by atoms with E-state index >= 15 is 0 Å². The largest absolute Gasteiger partial charge is 0.506 e. The Morgan fingerprint density at radius 1 is 1.12 bits per heavy atom. The molecule has 0 radical (unpaired) electrons. The third-order valence-corrected chi connectivity index (χ3v) is 4.38. The van der Waals surface area contributed by atoms with Crippen LogP contribution in [0.1, 0.15) is 12.0 Å². The second kappa shape index (κ2) is 7.67. The number of rotatable bonds is 4. The van der Waals surface area contributed by atoms with Gasteiger partial charge in [-0.3, -0.25) is 4.79 Å². The molecule has 0 unspecified atom stereocenters. The number of nitrogens with zero attached hydrogens (tertiary/aromatic N) is 4. The molecule has 1 aliphatic rings. The van der Waals surface area contributed by atoms with Gasteiger partial charge in [-0.2, -0.15) is 0 Å². The van der Waals surface area contributed by atoms with Crippen LogP contribution < -0.4 is 4.90 Å². The van der Waals surface area contributed by atoms with Crippen molar-refractivity contribution >= 4 is 17.4 Å². The average molecular weight is 336 g/mol. The average Bonchev–Trinajstić information content (AvgIpc) is 2.67. The Kier molecular flexibility index (Phi) is 5.14. The smallest absolute Gasteiger partial charge is 0.223 e. The van der Waals surface area contributed by atoms with Crippen molar-refractivity contribution in [2.24, 2.45) is 0 Å². The molecule has 6 nitrogen and oxygen atoms in total.